The van der Waals surface area contributed by atoms with Crippen molar-refractivity contribution in [2.75, 3.05) is 6.54 Å². The number of hydrogen-bond acceptors (Lipinski definition) is 5. The summed E-state index contributed by atoms with van der Waals surface area (Å²) < 4.78 is 6.67. The largest absolute Gasteiger partial charge is 0.391 e. The van der Waals surface area contributed by atoms with E-state index in [9.17, 15) is 9.90 Å². The highest BCUT2D eigenvalue weighted by molar-refractivity contribution is 5.95. The van der Waals surface area contributed by atoms with Crippen molar-refractivity contribution in [2.24, 2.45) is 7.05 Å². The van der Waals surface area contributed by atoms with Crippen molar-refractivity contribution in [1.82, 2.24) is 19.8 Å². The van der Waals surface area contributed by atoms with Crippen molar-refractivity contribution in [2.45, 2.75) is 31.9 Å². The van der Waals surface area contributed by atoms with Crippen molar-refractivity contribution >= 4 is 5.91 Å². The fourth-order valence-corrected chi connectivity index (χ4v) is 2.81. The number of aryl methyl sites for hydroxylation is 2. The van der Waals surface area contributed by atoms with Crippen LogP contribution in [0.2, 0.25) is 0 Å². The lowest BCUT2D eigenvalue weighted by atomic mass is 10.0. The number of amides is 1. The predicted molar refractivity (Wildman–Crippen MR) is 73.6 cm³/mol. The average molecular weight is 290 g/mol. The van der Waals surface area contributed by atoms with E-state index >= 15 is 0 Å². The molecule has 7 heteroatoms. The Labute approximate surface area is 122 Å². The lowest BCUT2D eigenvalue weighted by molar-refractivity contribution is 0.0638. The van der Waals surface area contributed by atoms with Crippen molar-refractivity contribution in [3.8, 4) is 0 Å². The lowest BCUT2D eigenvalue weighted by Gasteiger charge is -2.25. The Balaban J connectivity index is 1.80. The molecule has 7 nitrogen and oxygen atoms in total. The molecule has 3 rings (SSSR count). The molecular weight excluding hydrogens is 272 g/mol. The fourth-order valence-electron chi connectivity index (χ4n) is 2.81. The third-order valence-electron chi connectivity index (χ3n) is 3.96. The molecule has 2 aromatic heterocycles. The minimum atomic E-state index is -0.519. The quantitative estimate of drug-likeness (QED) is 0.891. The number of aliphatic hydroxyl groups excluding tert-OH is 1. The zero-order chi connectivity index (χ0) is 15.0. The Morgan fingerprint density at radius 1 is 1.52 bits per heavy atom. The average Bonchev–Trinajstić information content (AvgIpc) is 3.13. The molecule has 0 saturated carbocycles. The molecule has 1 N–H and O–H groups in total. The summed E-state index contributed by atoms with van der Waals surface area (Å²) in [6.45, 7) is 2.25. The molecule has 21 heavy (non-hydrogen) atoms. The highest BCUT2D eigenvalue weighted by atomic mass is 16.5. The van der Waals surface area contributed by atoms with Gasteiger partial charge in [0.2, 0.25) is 0 Å². The Morgan fingerprint density at radius 3 is 2.95 bits per heavy atom. The Morgan fingerprint density at radius 2 is 2.33 bits per heavy atom. The van der Waals surface area contributed by atoms with Gasteiger partial charge in [0.1, 0.15) is 11.3 Å². The van der Waals surface area contributed by atoms with Crippen LogP contribution in [0.25, 0.3) is 0 Å². The highest BCUT2D eigenvalue weighted by Crippen LogP contribution is 2.24. The van der Waals surface area contributed by atoms with E-state index in [0.29, 0.717) is 30.7 Å². The molecule has 1 saturated heterocycles. The maximum Gasteiger partial charge on any atom is 0.259 e. The minimum absolute atomic E-state index is 0.140. The first-order valence-electron chi connectivity index (χ1n) is 6.94. The van der Waals surface area contributed by atoms with Gasteiger partial charge in [-0.05, 0) is 25.3 Å². The minimum Gasteiger partial charge on any atom is -0.391 e. The number of carbonyl (C=O) groups excluding carboxylic acids is 1. The van der Waals surface area contributed by atoms with Gasteiger partial charge in [-0.3, -0.25) is 9.48 Å². The molecule has 3 heterocycles. The fraction of sp³-hybridized carbons (Fsp3) is 0.500. The van der Waals surface area contributed by atoms with Gasteiger partial charge in [-0.2, -0.15) is 5.10 Å². The van der Waals surface area contributed by atoms with E-state index in [0.717, 1.165) is 5.56 Å². The van der Waals surface area contributed by atoms with E-state index < -0.39 is 6.10 Å². The molecule has 0 aromatic carbocycles. The summed E-state index contributed by atoms with van der Waals surface area (Å²) in [5.41, 5.74) is 1.46. The normalized spacial score (nSPS) is 22.0. The second-order valence-electron chi connectivity index (χ2n) is 5.44. The first-order chi connectivity index (χ1) is 10.1. The van der Waals surface area contributed by atoms with Gasteiger partial charge in [0.25, 0.3) is 5.91 Å². The van der Waals surface area contributed by atoms with E-state index in [-0.39, 0.29) is 11.9 Å². The maximum atomic E-state index is 12.6. The molecule has 1 amide bonds. The first kappa shape index (κ1) is 13.8. The summed E-state index contributed by atoms with van der Waals surface area (Å²) in [6, 6.07) is -0.240. The number of carbonyl (C=O) groups is 1. The van der Waals surface area contributed by atoms with E-state index in [1.165, 1.54) is 6.20 Å². The van der Waals surface area contributed by atoms with Crippen LogP contribution in [0.1, 0.15) is 28.1 Å². The predicted octanol–water partition coefficient (Wildman–Crippen LogP) is 0.535. The number of hydrogen-bond donors (Lipinski definition) is 1. The molecule has 0 radical (unpaired) electrons. The van der Waals surface area contributed by atoms with E-state index in [4.69, 9.17) is 4.52 Å². The van der Waals surface area contributed by atoms with E-state index in [1.807, 2.05) is 13.2 Å². The van der Waals surface area contributed by atoms with Crippen LogP contribution < -0.4 is 0 Å². The molecule has 2 atom stereocenters. The molecule has 2 aromatic rings. The lowest BCUT2D eigenvalue weighted by Crippen LogP contribution is -2.41. The smallest absolute Gasteiger partial charge is 0.259 e. The molecule has 0 bridgehead atoms. The van der Waals surface area contributed by atoms with Crippen molar-refractivity contribution in [3.63, 3.8) is 0 Å². The molecule has 0 aliphatic carbocycles. The van der Waals surface area contributed by atoms with Gasteiger partial charge in [0.05, 0.1) is 24.5 Å². The first-order valence-corrected chi connectivity index (χ1v) is 6.94. The van der Waals surface area contributed by atoms with Gasteiger partial charge in [0, 0.05) is 19.8 Å². The monoisotopic (exact) mass is 290 g/mol. The Kier molecular flexibility index (Phi) is 3.50. The summed E-state index contributed by atoms with van der Waals surface area (Å²) >= 11 is 0. The number of likely N-dealkylation sites (tertiary alicyclic amines) is 1. The number of aromatic nitrogens is 3. The number of rotatable bonds is 3. The molecule has 0 unspecified atom stereocenters. The molecule has 1 fully saturated rings. The van der Waals surface area contributed by atoms with Crippen LogP contribution in [0.4, 0.5) is 0 Å². The van der Waals surface area contributed by atoms with Gasteiger partial charge in [-0.25, -0.2) is 0 Å². The van der Waals surface area contributed by atoms with Gasteiger partial charge >= 0.3 is 0 Å². The maximum absolute atomic E-state index is 12.6. The summed E-state index contributed by atoms with van der Waals surface area (Å²) in [4.78, 5) is 14.3. The van der Waals surface area contributed by atoms with Gasteiger partial charge in [-0.1, -0.05) is 5.16 Å². The third-order valence-corrected chi connectivity index (χ3v) is 3.96. The summed E-state index contributed by atoms with van der Waals surface area (Å²) in [6.07, 6.45) is 5.75. The number of aliphatic hydroxyl groups is 1. The van der Waals surface area contributed by atoms with Crippen LogP contribution in [0.3, 0.4) is 0 Å². The zero-order valence-electron chi connectivity index (χ0n) is 12.1. The standard InChI is InChI=1S/C14H18N4O3/c1-9-11(7-16-21-9)14(20)18-4-3-13(19)12(18)5-10-6-15-17(2)8-10/h6-8,12-13,19H,3-5H2,1-2H3/t12-,13-/m1/s1. The molecule has 112 valence electrons. The van der Waals surface area contributed by atoms with Crippen LogP contribution >= 0.6 is 0 Å². The van der Waals surface area contributed by atoms with Crippen LogP contribution in [0, 0.1) is 6.92 Å². The topological polar surface area (TPSA) is 84.4 Å². The van der Waals surface area contributed by atoms with Crippen LogP contribution in [-0.4, -0.2) is 49.5 Å². The van der Waals surface area contributed by atoms with Crippen LogP contribution in [-0.2, 0) is 13.5 Å². The van der Waals surface area contributed by atoms with Crippen molar-refractivity contribution < 1.29 is 14.4 Å². The van der Waals surface area contributed by atoms with Crippen molar-refractivity contribution in [1.29, 1.82) is 0 Å². The van der Waals surface area contributed by atoms with Gasteiger partial charge in [0.15, 0.2) is 0 Å². The van der Waals surface area contributed by atoms with Crippen molar-refractivity contribution in [3.05, 3.63) is 35.5 Å². The third kappa shape index (κ3) is 2.56. The Bertz CT molecular complexity index is 648. The van der Waals surface area contributed by atoms with Crippen LogP contribution in [0.15, 0.2) is 23.1 Å². The molecule has 1 aliphatic heterocycles. The molecular formula is C14H18N4O3. The van der Waals surface area contributed by atoms with Gasteiger partial charge in [-0.15, -0.1) is 0 Å². The van der Waals surface area contributed by atoms with Crippen LogP contribution in [0.5, 0.6) is 0 Å². The second-order valence-corrected chi connectivity index (χ2v) is 5.44. The molecule has 0 spiro atoms. The SMILES string of the molecule is Cc1oncc1C(=O)N1CC[C@@H](O)[C@H]1Cc1cnn(C)c1. The zero-order valence-corrected chi connectivity index (χ0v) is 12.1. The highest BCUT2D eigenvalue weighted by Gasteiger charge is 2.37. The molecule has 1 aliphatic rings. The Hall–Kier alpha value is -2.15. The summed E-state index contributed by atoms with van der Waals surface area (Å²) in [7, 11) is 1.85. The van der Waals surface area contributed by atoms with E-state index in [1.54, 1.807) is 22.7 Å². The van der Waals surface area contributed by atoms with Gasteiger partial charge < -0.3 is 14.5 Å². The van der Waals surface area contributed by atoms with E-state index in [2.05, 4.69) is 10.3 Å². The number of nitrogens with zero attached hydrogens (tertiary/aromatic N) is 4. The summed E-state index contributed by atoms with van der Waals surface area (Å²) in [5, 5.41) is 18.0. The summed E-state index contributed by atoms with van der Waals surface area (Å²) in [5.74, 6) is 0.362. The second kappa shape index (κ2) is 5.33.